The summed E-state index contributed by atoms with van der Waals surface area (Å²) in [5.41, 5.74) is 0. The number of nitrogens with zero attached hydrogens (tertiary/aromatic N) is 1. The van der Waals surface area contributed by atoms with E-state index in [0.29, 0.717) is 0 Å². The van der Waals surface area contributed by atoms with Gasteiger partial charge in [-0.2, -0.15) is 0 Å². The van der Waals surface area contributed by atoms with Crippen LogP contribution in [0.3, 0.4) is 0 Å². The van der Waals surface area contributed by atoms with Crippen molar-refractivity contribution in [2.24, 2.45) is 0 Å². The minimum Gasteiger partial charge on any atom is -0.263 e. The van der Waals surface area contributed by atoms with Crippen molar-refractivity contribution in [2.75, 3.05) is 0 Å². The van der Waals surface area contributed by atoms with Crippen molar-refractivity contribution >= 4 is 11.6 Å². The van der Waals surface area contributed by atoms with E-state index in [1.165, 1.54) is 18.5 Å². The van der Waals surface area contributed by atoms with Crippen LogP contribution in [0.5, 0.6) is 0 Å². The lowest BCUT2D eigenvalue weighted by Gasteiger charge is -1.86. The van der Waals surface area contributed by atoms with Crippen molar-refractivity contribution in [1.29, 1.82) is 0 Å². The number of hydrogen-bond donors (Lipinski definition) is 0. The molecule has 1 aromatic heterocycles. The zero-order valence-electron chi connectivity index (χ0n) is 3.94. The third kappa shape index (κ3) is 0.954. The third-order valence-corrected chi connectivity index (χ3v) is 1.00. The van der Waals surface area contributed by atoms with Gasteiger partial charge in [0.15, 0.2) is 0 Å². The molecule has 0 aromatic carbocycles. The Balaban J connectivity index is 3.13. The zero-order chi connectivity index (χ0) is 5.98. The number of halogens is 2. The van der Waals surface area contributed by atoms with Gasteiger partial charge >= 0.3 is 0 Å². The Morgan fingerprint density at radius 3 is 2.75 bits per heavy atom. The lowest BCUT2D eigenvalue weighted by atomic mass is 10.5. The highest BCUT2D eigenvalue weighted by atomic mass is 35.5. The fourth-order valence-electron chi connectivity index (χ4n) is 0.358. The van der Waals surface area contributed by atoms with Gasteiger partial charge in [0.05, 0.1) is 5.02 Å². The average molecular weight is 132 g/mol. The molecule has 0 aliphatic carbocycles. The minimum atomic E-state index is -0.429. The molecule has 8 heavy (non-hydrogen) atoms. The molecular formula is C5H3ClFN. The van der Waals surface area contributed by atoms with Crippen molar-refractivity contribution in [3.05, 3.63) is 29.3 Å². The Morgan fingerprint density at radius 2 is 2.38 bits per heavy atom. The van der Waals surface area contributed by atoms with Crippen LogP contribution >= 0.6 is 11.6 Å². The van der Waals surface area contributed by atoms with Gasteiger partial charge in [0.1, 0.15) is 5.82 Å². The molecule has 0 saturated carbocycles. The van der Waals surface area contributed by atoms with Crippen LogP contribution in [0.15, 0.2) is 18.5 Å². The standard InChI is InChI=1S/C5H3ClFN/c6-4-3-8-2-1-5(4)7/h1-3H. The van der Waals surface area contributed by atoms with Crippen LogP contribution in [0.1, 0.15) is 0 Å². The Labute approximate surface area is 51.1 Å². The SMILES string of the molecule is Fc1ccncc1Cl. The minimum absolute atomic E-state index is 0.0625. The summed E-state index contributed by atoms with van der Waals surface area (Å²) < 4.78 is 12.1. The molecule has 0 spiro atoms. The molecule has 0 amide bonds. The predicted octanol–water partition coefficient (Wildman–Crippen LogP) is 1.87. The summed E-state index contributed by atoms with van der Waals surface area (Å²) >= 11 is 5.27. The second-order valence-electron chi connectivity index (χ2n) is 1.29. The topological polar surface area (TPSA) is 12.9 Å². The van der Waals surface area contributed by atoms with E-state index in [1.807, 2.05) is 0 Å². The second-order valence-corrected chi connectivity index (χ2v) is 1.70. The largest absolute Gasteiger partial charge is 0.263 e. The van der Waals surface area contributed by atoms with Gasteiger partial charge in [-0.15, -0.1) is 0 Å². The van der Waals surface area contributed by atoms with Gasteiger partial charge in [0, 0.05) is 12.4 Å². The maximum atomic E-state index is 12.1. The maximum Gasteiger partial charge on any atom is 0.144 e. The molecule has 0 unspecified atom stereocenters. The number of rotatable bonds is 0. The van der Waals surface area contributed by atoms with E-state index >= 15 is 0 Å². The monoisotopic (exact) mass is 131 g/mol. The van der Waals surface area contributed by atoms with Crippen molar-refractivity contribution in [1.82, 2.24) is 4.98 Å². The Kier molecular flexibility index (Phi) is 1.44. The average Bonchev–Trinajstić information content (AvgIpc) is 1.77. The van der Waals surface area contributed by atoms with E-state index in [9.17, 15) is 4.39 Å². The molecule has 1 rings (SSSR count). The lowest BCUT2D eigenvalue weighted by Crippen LogP contribution is -1.75. The molecule has 0 atom stereocenters. The number of hydrogen-bond acceptors (Lipinski definition) is 1. The van der Waals surface area contributed by atoms with Gasteiger partial charge in [0.2, 0.25) is 0 Å². The zero-order valence-corrected chi connectivity index (χ0v) is 4.69. The normalized spacial score (nSPS) is 9.25. The quantitative estimate of drug-likeness (QED) is 0.524. The molecule has 0 N–H and O–H groups in total. The van der Waals surface area contributed by atoms with Crippen molar-refractivity contribution in [2.45, 2.75) is 0 Å². The second kappa shape index (κ2) is 2.09. The van der Waals surface area contributed by atoms with Crippen LogP contribution in [0.25, 0.3) is 0 Å². The summed E-state index contributed by atoms with van der Waals surface area (Å²) in [5.74, 6) is -0.429. The van der Waals surface area contributed by atoms with Gasteiger partial charge in [-0.3, -0.25) is 4.98 Å². The first-order valence-corrected chi connectivity index (χ1v) is 2.43. The first kappa shape index (κ1) is 5.51. The molecule has 0 bridgehead atoms. The Bertz CT molecular complexity index is 169. The van der Waals surface area contributed by atoms with Crippen molar-refractivity contribution in [3.63, 3.8) is 0 Å². The number of pyridine rings is 1. The Hall–Kier alpha value is -0.630. The van der Waals surface area contributed by atoms with Crippen molar-refractivity contribution < 1.29 is 4.39 Å². The lowest BCUT2D eigenvalue weighted by molar-refractivity contribution is 0.626. The first-order valence-electron chi connectivity index (χ1n) is 2.06. The summed E-state index contributed by atoms with van der Waals surface area (Å²) in [6, 6.07) is 1.21. The van der Waals surface area contributed by atoms with Gasteiger partial charge in [-0.05, 0) is 6.07 Å². The van der Waals surface area contributed by atoms with E-state index in [0.717, 1.165) is 0 Å². The van der Waals surface area contributed by atoms with E-state index in [-0.39, 0.29) is 5.02 Å². The highest BCUT2D eigenvalue weighted by Gasteiger charge is 1.92. The fraction of sp³-hybridized carbons (Fsp3) is 0. The summed E-state index contributed by atoms with van der Waals surface area (Å²) in [7, 11) is 0. The van der Waals surface area contributed by atoms with Crippen LogP contribution in [0.2, 0.25) is 5.02 Å². The molecular weight excluding hydrogens is 129 g/mol. The van der Waals surface area contributed by atoms with Gasteiger partial charge in [0.25, 0.3) is 0 Å². The smallest absolute Gasteiger partial charge is 0.144 e. The van der Waals surface area contributed by atoms with Crippen LogP contribution in [0, 0.1) is 5.82 Å². The molecule has 0 aliphatic heterocycles. The molecule has 1 nitrogen and oxygen atoms in total. The molecule has 1 heterocycles. The van der Waals surface area contributed by atoms with Gasteiger partial charge in [-0.25, -0.2) is 4.39 Å². The van der Waals surface area contributed by atoms with Crippen LogP contribution < -0.4 is 0 Å². The summed E-state index contributed by atoms with van der Waals surface area (Å²) in [6.07, 6.45) is 2.61. The van der Waals surface area contributed by atoms with Crippen LogP contribution in [-0.2, 0) is 0 Å². The van der Waals surface area contributed by atoms with Crippen LogP contribution in [0.4, 0.5) is 4.39 Å². The van der Waals surface area contributed by atoms with Crippen LogP contribution in [-0.4, -0.2) is 4.98 Å². The molecule has 42 valence electrons. The summed E-state index contributed by atoms with van der Waals surface area (Å²) in [6.45, 7) is 0. The maximum absolute atomic E-state index is 12.1. The van der Waals surface area contributed by atoms with E-state index in [4.69, 9.17) is 11.6 Å². The molecule has 0 aliphatic rings. The number of aromatic nitrogens is 1. The molecule has 0 saturated heterocycles. The summed E-state index contributed by atoms with van der Waals surface area (Å²) in [5, 5.41) is 0.0625. The molecule has 3 heteroatoms. The van der Waals surface area contributed by atoms with Crippen molar-refractivity contribution in [3.8, 4) is 0 Å². The van der Waals surface area contributed by atoms with E-state index < -0.39 is 5.82 Å². The fourth-order valence-corrected chi connectivity index (χ4v) is 0.478. The van der Waals surface area contributed by atoms with E-state index in [2.05, 4.69) is 4.98 Å². The third-order valence-electron chi connectivity index (χ3n) is 0.723. The molecule has 0 fully saturated rings. The first-order chi connectivity index (χ1) is 3.80. The highest BCUT2D eigenvalue weighted by Crippen LogP contribution is 2.09. The summed E-state index contributed by atoms with van der Waals surface area (Å²) in [4.78, 5) is 3.57. The highest BCUT2D eigenvalue weighted by molar-refractivity contribution is 6.30. The predicted molar refractivity (Wildman–Crippen MR) is 29.2 cm³/mol. The van der Waals surface area contributed by atoms with Gasteiger partial charge in [-0.1, -0.05) is 11.6 Å². The molecule has 1 aromatic rings. The van der Waals surface area contributed by atoms with E-state index in [1.54, 1.807) is 0 Å². The molecule has 0 radical (unpaired) electrons. The van der Waals surface area contributed by atoms with Gasteiger partial charge < -0.3 is 0 Å². The Morgan fingerprint density at radius 1 is 1.62 bits per heavy atom.